The SMILES string of the molecule is CC(C)(C)N/C(=N\C1CC(C2CCC(CO)CC2)NN1)NC(=O)C1CCC(F)C(F)C1. The number of guanidine groups is 1. The number of carbonyl (C=O) groups excluding carboxylic acids is 1. The summed E-state index contributed by atoms with van der Waals surface area (Å²) < 4.78 is 27.2. The average Bonchev–Trinajstić information content (AvgIpc) is 3.17. The van der Waals surface area contributed by atoms with E-state index in [1.807, 2.05) is 20.8 Å². The number of hydrazine groups is 1. The maximum Gasteiger partial charge on any atom is 0.229 e. The fraction of sp³-hybridized carbons (Fsp3) is 0.909. The molecule has 0 spiro atoms. The van der Waals surface area contributed by atoms with E-state index in [2.05, 4.69) is 21.5 Å². The molecule has 7 nitrogen and oxygen atoms in total. The highest BCUT2D eigenvalue weighted by atomic mass is 19.2. The zero-order chi connectivity index (χ0) is 22.6. The molecule has 1 amide bonds. The van der Waals surface area contributed by atoms with E-state index < -0.39 is 18.3 Å². The molecule has 0 aromatic heterocycles. The zero-order valence-electron chi connectivity index (χ0n) is 19.0. The first-order chi connectivity index (χ1) is 14.6. The Hall–Kier alpha value is -1.32. The van der Waals surface area contributed by atoms with Crippen molar-refractivity contribution in [3.63, 3.8) is 0 Å². The number of alkyl halides is 2. The lowest BCUT2D eigenvalue weighted by Gasteiger charge is -2.31. The Morgan fingerprint density at radius 2 is 1.74 bits per heavy atom. The van der Waals surface area contributed by atoms with E-state index in [1.54, 1.807) is 0 Å². The summed E-state index contributed by atoms with van der Waals surface area (Å²) in [7, 11) is 0. The lowest BCUT2D eigenvalue weighted by Crippen LogP contribution is -2.52. The van der Waals surface area contributed by atoms with E-state index >= 15 is 0 Å². The lowest BCUT2D eigenvalue weighted by molar-refractivity contribution is -0.125. The standard InChI is InChI=1S/C22H39F2N5O2/c1-22(2,3)27-21(26-20(31)15-8-9-16(23)17(24)10-15)25-19-11-18(28-29-19)14-6-4-13(12-30)5-7-14/h13-19,28-30H,4-12H2,1-3H3,(H2,25,26,27,31). The Kier molecular flexibility index (Phi) is 8.26. The van der Waals surface area contributed by atoms with Crippen molar-refractivity contribution in [2.75, 3.05) is 6.61 Å². The van der Waals surface area contributed by atoms with E-state index in [9.17, 15) is 18.7 Å². The molecular formula is C22H39F2N5O2. The molecule has 3 fully saturated rings. The van der Waals surface area contributed by atoms with Gasteiger partial charge < -0.3 is 10.4 Å². The van der Waals surface area contributed by atoms with Crippen molar-refractivity contribution in [3.05, 3.63) is 0 Å². The molecule has 178 valence electrons. The van der Waals surface area contributed by atoms with Crippen molar-refractivity contribution in [3.8, 4) is 0 Å². The number of aliphatic hydroxyl groups excluding tert-OH is 1. The van der Waals surface area contributed by atoms with Crippen LogP contribution in [0.4, 0.5) is 8.78 Å². The van der Waals surface area contributed by atoms with Crippen molar-refractivity contribution in [2.24, 2.45) is 22.7 Å². The fourth-order valence-corrected chi connectivity index (χ4v) is 4.87. The van der Waals surface area contributed by atoms with E-state index in [0.29, 0.717) is 30.3 Å². The van der Waals surface area contributed by atoms with Gasteiger partial charge in [-0.25, -0.2) is 19.2 Å². The van der Waals surface area contributed by atoms with E-state index in [-0.39, 0.29) is 37.1 Å². The zero-order valence-corrected chi connectivity index (χ0v) is 19.0. The van der Waals surface area contributed by atoms with Gasteiger partial charge in [0.05, 0.1) is 0 Å². The fourth-order valence-electron chi connectivity index (χ4n) is 4.87. The molecule has 0 bridgehead atoms. The lowest BCUT2D eigenvalue weighted by atomic mass is 9.78. The first-order valence-electron chi connectivity index (χ1n) is 11.7. The highest BCUT2D eigenvalue weighted by Crippen LogP contribution is 2.33. The topological polar surface area (TPSA) is 97.8 Å². The monoisotopic (exact) mass is 443 g/mol. The predicted molar refractivity (Wildman–Crippen MR) is 117 cm³/mol. The Morgan fingerprint density at radius 3 is 2.35 bits per heavy atom. The van der Waals surface area contributed by atoms with Gasteiger partial charge in [-0.05, 0) is 77.6 Å². The number of halogens is 2. The third-order valence-corrected chi connectivity index (χ3v) is 6.71. The second kappa shape index (κ2) is 10.5. The highest BCUT2D eigenvalue weighted by molar-refractivity contribution is 5.98. The van der Waals surface area contributed by atoms with Crippen LogP contribution in [0.3, 0.4) is 0 Å². The Morgan fingerprint density at radius 1 is 1.03 bits per heavy atom. The Balaban J connectivity index is 1.59. The van der Waals surface area contributed by atoms with Crippen molar-refractivity contribution < 1.29 is 18.7 Å². The van der Waals surface area contributed by atoms with Gasteiger partial charge in [-0.2, -0.15) is 0 Å². The smallest absolute Gasteiger partial charge is 0.229 e. The number of carbonyl (C=O) groups is 1. The maximum atomic E-state index is 13.8. The van der Waals surface area contributed by atoms with Crippen LogP contribution in [0.5, 0.6) is 0 Å². The largest absolute Gasteiger partial charge is 0.396 e. The van der Waals surface area contributed by atoms with Gasteiger partial charge in [0.25, 0.3) is 0 Å². The normalized spacial score (nSPS) is 37.5. The van der Waals surface area contributed by atoms with E-state index in [0.717, 1.165) is 32.1 Å². The molecule has 1 heterocycles. The number of hydrogen-bond donors (Lipinski definition) is 5. The quantitative estimate of drug-likeness (QED) is 0.339. The molecule has 0 radical (unpaired) electrons. The molecular weight excluding hydrogens is 404 g/mol. The van der Waals surface area contributed by atoms with Gasteiger partial charge in [-0.1, -0.05) is 0 Å². The van der Waals surface area contributed by atoms with Crippen LogP contribution < -0.4 is 21.5 Å². The molecule has 1 saturated heterocycles. The van der Waals surface area contributed by atoms with Gasteiger partial charge in [0.1, 0.15) is 18.5 Å². The third-order valence-electron chi connectivity index (χ3n) is 6.71. The van der Waals surface area contributed by atoms with Gasteiger partial charge in [0.2, 0.25) is 5.91 Å². The number of nitrogens with zero attached hydrogens (tertiary/aromatic N) is 1. The van der Waals surface area contributed by atoms with Crippen molar-refractivity contribution in [1.29, 1.82) is 0 Å². The minimum atomic E-state index is -1.58. The van der Waals surface area contributed by atoms with Gasteiger partial charge in [-0.15, -0.1) is 0 Å². The van der Waals surface area contributed by atoms with Crippen LogP contribution in [0, 0.1) is 17.8 Å². The second-order valence-corrected chi connectivity index (χ2v) is 10.5. The Labute approximate surface area is 184 Å². The molecule has 31 heavy (non-hydrogen) atoms. The summed E-state index contributed by atoms with van der Waals surface area (Å²) in [4.78, 5) is 17.4. The van der Waals surface area contributed by atoms with Crippen LogP contribution in [-0.4, -0.2) is 53.7 Å². The number of amides is 1. The molecule has 5 unspecified atom stereocenters. The number of nitrogens with one attached hydrogen (secondary N) is 4. The molecule has 3 rings (SSSR count). The predicted octanol–water partition coefficient (Wildman–Crippen LogP) is 2.31. The summed E-state index contributed by atoms with van der Waals surface area (Å²) in [5.41, 5.74) is 6.26. The molecule has 5 N–H and O–H groups in total. The molecule has 3 aliphatic rings. The van der Waals surface area contributed by atoms with Crippen LogP contribution in [0.1, 0.15) is 72.1 Å². The van der Waals surface area contributed by atoms with Gasteiger partial charge in [-0.3, -0.25) is 15.5 Å². The van der Waals surface area contributed by atoms with Crippen LogP contribution in [0.25, 0.3) is 0 Å². The van der Waals surface area contributed by atoms with Gasteiger partial charge >= 0.3 is 0 Å². The summed E-state index contributed by atoms with van der Waals surface area (Å²) >= 11 is 0. The number of aliphatic imine (C=N–C) groups is 1. The molecule has 5 atom stereocenters. The highest BCUT2D eigenvalue weighted by Gasteiger charge is 2.36. The minimum absolute atomic E-state index is 0.0761. The summed E-state index contributed by atoms with van der Waals surface area (Å²) in [5, 5.41) is 15.4. The molecule has 1 aliphatic heterocycles. The summed E-state index contributed by atoms with van der Waals surface area (Å²) in [5.74, 6) is 0.474. The van der Waals surface area contributed by atoms with E-state index in [4.69, 9.17) is 4.99 Å². The average molecular weight is 444 g/mol. The molecule has 0 aromatic carbocycles. The van der Waals surface area contributed by atoms with Gasteiger partial charge in [0.15, 0.2) is 5.96 Å². The minimum Gasteiger partial charge on any atom is -0.396 e. The second-order valence-electron chi connectivity index (χ2n) is 10.5. The van der Waals surface area contributed by atoms with Crippen molar-refractivity contribution >= 4 is 11.9 Å². The molecule has 2 saturated carbocycles. The maximum absolute atomic E-state index is 13.8. The number of rotatable bonds is 4. The Bertz CT molecular complexity index is 634. The van der Waals surface area contributed by atoms with Crippen molar-refractivity contribution in [2.45, 2.75) is 102 Å². The number of hydrogen-bond acceptors (Lipinski definition) is 5. The molecule has 9 heteroatoms. The number of aliphatic hydroxyl groups is 1. The van der Waals surface area contributed by atoms with Gasteiger partial charge in [0, 0.05) is 30.5 Å². The third kappa shape index (κ3) is 7.08. The van der Waals surface area contributed by atoms with E-state index in [1.165, 1.54) is 0 Å². The first kappa shape index (κ1) is 24.3. The van der Waals surface area contributed by atoms with Crippen LogP contribution in [0.15, 0.2) is 4.99 Å². The summed E-state index contributed by atoms with van der Waals surface area (Å²) in [6.07, 6.45) is 2.18. The van der Waals surface area contributed by atoms with Crippen LogP contribution >= 0.6 is 0 Å². The van der Waals surface area contributed by atoms with Crippen LogP contribution in [0.2, 0.25) is 0 Å². The van der Waals surface area contributed by atoms with Crippen molar-refractivity contribution in [1.82, 2.24) is 21.5 Å². The molecule has 0 aromatic rings. The summed E-state index contributed by atoms with van der Waals surface area (Å²) in [6, 6.07) is 0.298. The molecule has 2 aliphatic carbocycles. The van der Waals surface area contributed by atoms with Crippen LogP contribution in [-0.2, 0) is 4.79 Å². The summed E-state index contributed by atoms with van der Waals surface area (Å²) in [6.45, 7) is 6.20. The first-order valence-corrected chi connectivity index (χ1v) is 11.7.